The van der Waals surface area contributed by atoms with Gasteiger partial charge in [-0.2, -0.15) is 0 Å². The highest BCUT2D eigenvalue weighted by molar-refractivity contribution is 7.05. The van der Waals surface area contributed by atoms with E-state index in [1.165, 1.54) is 16.4 Å². The number of nitrogens with zero attached hydrogens (tertiary/aromatic N) is 4. The molecule has 2 heterocycles. The molecule has 1 aliphatic rings. The van der Waals surface area contributed by atoms with Crippen LogP contribution in [0.2, 0.25) is 0 Å². The average molecular weight is 270 g/mol. The molecular weight excluding hydrogens is 256 g/mol. The number of amides is 2. The third-order valence-electron chi connectivity index (χ3n) is 2.72. The number of carbonyl (C=O) groups excluding carboxylic acids is 2. The third-order valence-corrected chi connectivity index (χ3v) is 3.53. The fourth-order valence-electron chi connectivity index (χ4n) is 1.55. The molecule has 8 heteroatoms. The van der Waals surface area contributed by atoms with Crippen LogP contribution in [0.4, 0.5) is 4.79 Å². The van der Waals surface area contributed by atoms with Gasteiger partial charge in [-0.05, 0) is 18.5 Å². The SMILES string of the molecule is Cc1nnsc1CN(C)C(=O)CN1CCOC1=O. The number of likely N-dealkylation sites (N-methyl/N-ethyl adjacent to an activating group) is 1. The lowest BCUT2D eigenvalue weighted by Crippen LogP contribution is -2.38. The van der Waals surface area contributed by atoms with Crippen LogP contribution in [-0.2, 0) is 16.1 Å². The Balaban J connectivity index is 1.89. The number of aryl methyl sites for hydroxylation is 1. The molecule has 1 aliphatic heterocycles. The van der Waals surface area contributed by atoms with Gasteiger partial charge >= 0.3 is 6.09 Å². The van der Waals surface area contributed by atoms with Crippen molar-refractivity contribution in [2.75, 3.05) is 26.7 Å². The molecule has 1 aromatic heterocycles. The first-order valence-electron chi connectivity index (χ1n) is 5.51. The summed E-state index contributed by atoms with van der Waals surface area (Å²) in [6.07, 6.45) is -0.424. The molecule has 98 valence electrons. The first-order chi connectivity index (χ1) is 8.58. The molecule has 2 rings (SSSR count). The van der Waals surface area contributed by atoms with Crippen LogP contribution in [0.3, 0.4) is 0 Å². The van der Waals surface area contributed by atoms with Crippen molar-refractivity contribution in [3.8, 4) is 0 Å². The molecule has 0 spiro atoms. The van der Waals surface area contributed by atoms with E-state index >= 15 is 0 Å². The Hall–Kier alpha value is -1.70. The quantitative estimate of drug-likeness (QED) is 0.784. The standard InChI is InChI=1S/C10H14N4O3S/c1-7-8(18-12-11-7)5-13(2)9(15)6-14-3-4-17-10(14)16/h3-6H2,1-2H3. The average Bonchev–Trinajstić information content (AvgIpc) is 2.90. The number of aromatic nitrogens is 2. The lowest BCUT2D eigenvalue weighted by molar-refractivity contribution is -0.130. The van der Waals surface area contributed by atoms with Crippen molar-refractivity contribution in [1.82, 2.24) is 19.4 Å². The molecule has 0 saturated carbocycles. The predicted octanol–water partition coefficient (Wildman–Crippen LogP) is 0.257. The molecule has 1 aromatic rings. The highest BCUT2D eigenvalue weighted by atomic mass is 32.1. The normalized spacial score (nSPS) is 14.8. The van der Waals surface area contributed by atoms with Gasteiger partial charge in [0.25, 0.3) is 0 Å². The monoisotopic (exact) mass is 270 g/mol. The van der Waals surface area contributed by atoms with Gasteiger partial charge in [-0.15, -0.1) is 5.10 Å². The highest BCUT2D eigenvalue weighted by Crippen LogP contribution is 2.12. The van der Waals surface area contributed by atoms with E-state index in [0.717, 1.165) is 10.6 Å². The van der Waals surface area contributed by atoms with Gasteiger partial charge in [-0.1, -0.05) is 4.49 Å². The van der Waals surface area contributed by atoms with Crippen molar-refractivity contribution >= 4 is 23.5 Å². The van der Waals surface area contributed by atoms with Crippen LogP contribution >= 0.6 is 11.5 Å². The maximum atomic E-state index is 11.9. The second-order valence-corrected chi connectivity index (χ2v) is 4.91. The summed E-state index contributed by atoms with van der Waals surface area (Å²) in [6, 6.07) is 0. The number of carbonyl (C=O) groups is 2. The van der Waals surface area contributed by atoms with Crippen molar-refractivity contribution in [3.63, 3.8) is 0 Å². The van der Waals surface area contributed by atoms with Crippen LogP contribution in [0.5, 0.6) is 0 Å². The molecule has 0 radical (unpaired) electrons. The lowest BCUT2D eigenvalue weighted by atomic mass is 10.3. The van der Waals surface area contributed by atoms with Gasteiger partial charge in [0.2, 0.25) is 5.91 Å². The molecule has 2 amide bonds. The molecular formula is C10H14N4O3S. The van der Waals surface area contributed by atoms with E-state index in [4.69, 9.17) is 4.74 Å². The van der Waals surface area contributed by atoms with Crippen LogP contribution in [0, 0.1) is 6.92 Å². The molecule has 1 saturated heterocycles. The summed E-state index contributed by atoms with van der Waals surface area (Å²) < 4.78 is 8.59. The van der Waals surface area contributed by atoms with E-state index in [1.54, 1.807) is 11.9 Å². The first-order valence-corrected chi connectivity index (χ1v) is 6.28. The van der Waals surface area contributed by atoms with Gasteiger partial charge in [0.1, 0.15) is 13.2 Å². The molecule has 0 aromatic carbocycles. The van der Waals surface area contributed by atoms with Gasteiger partial charge in [0, 0.05) is 7.05 Å². The minimum absolute atomic E-state index is 0.0562. The fourth-order valence-corrected chi connectivity index (χ4v) is 2.24. The van der Waals surface area contributed by atoms with Crippen molar-refractivity contribution in [2.45, 2.75) is 13.5 Å². The number of cyclic esters (lactones) is 1. The van der Waals surface area contributed by atoms with Crippen LogP contribution in [-0.4, -0.2) is 58.1 Å². The summed E-state index contributed by atoms with van der Waals surface area (Å²) in [7, 11) is 1.70. The summed E-state index contributed by atoms with van der Waals surface area (Å²) in [5.41, 5.74) is 0.834. The maximum absolute atomic E-state index is 11.9. The van der Waals surface area contributed by atoms with Crippen LogP contribution in [0.25, 0.3) is 0 Å². The van der Waals surface area contributed by atoms with Crippen molar-refractivity contribution in [1.29, 1.82) is 0 Å². The third kappa shape index (κ3) is 2.76. The number of rotatable bonds is 4. The van der Waals surface area contributed by atoms with E-state index in [2.05, 4.69) is 9.59 Å². The van der Waals surface area contributed by atoms with Crippen LogP contribution in [0.15, 0.2) is 0 Å². The Morgan fingerprint density at radius 1 is 1.61 bits per heavy atom. The summed E-state index contributed by atoms with van der Waals surface area (Å²) in [6.45, 7) is 3.20. The van der Waals surface area contributed by atoms with E-state index in [-0.39, 0.29) is 12.5 Å². The van der Waals surface area contributed by atoms with E-state index in [0.29, 0.717) is 19.7 Å². The minimum atomic E-state index is -0.424. The van der Waals surface area contributed by atoms with Crippen LogP contribution in [0.1, 0.15) is 10.6 Å². The van der Waals surface area contributed by atoms with Crippen molar-refractivity contribution < 1.29 is 14.3 Å². The zero-order valence-corrected chi connectivity index (χ0v) is 11.1. The van der Waals surface area contributed by atoms with E-state index in [9.17, 15) is 9.59 Å². The fraction of sp³-hybridized carbons (Fsp3) is 0.600. The largest absolute Gasteiger partial charge is 0.448 e. The van der Waals surface area contributed by atoms with E-state index in [1.807, 2.05) is 6.92 Å². The van der Waals surface area contributed by atoms with Gasteiger partial charge < -0.3 is 9.64 Å². The number of hydrogen-bond donors (Lipinski definition) is 0. The molecule has 0 atom stereocenters. The highest BCUT2D eigenvalue weighted by Gasteiger charge is 2.25. The Morgan fingerprint density at radius 2 is 2.39 bits per heavy atom. The number of ether oxygens (including phenoxy) is 1. The first kappa shape index (κ1) is 12.7. The van der Waals surface area contributed by atoms with Crippen molar-refractivity contribution in [3.05, 3.63) is 10.6 Å². The Labute approximate surface area is 108 Å². The van der Waals surface area contributed by atoms with E-state index < -0.39 is 6.09 Å². The molecule has 0 N–H and O–H groups in total. The Bertz CT molecular complexity index is 462. The van der Waals surface area contributed by atoms with Gasteiger partial charge in [-0.25, -0.2) is 4.79 Å². The van der Waals surface area contributed by atoms with Gasteiger partial charge in [0.05, 0.1) is 23.7 Å². The summed E-state index contributed by atoms with van der Waals surface area (Å²) in [4.78, 5) is 27.1. The van der Waals surface area contributed by atoms with Gasteiger partial charge in [0.15, 0.2) is 0 Å². The molecule has 18 heavy (non-hydrogen) atoms. The summed E-state index contributed by atoms with van der Waals surface area (Å²) in [5.74, 6) is -0.123. The maximum Gasteiger partial charge on any atom is 0.410 e. The lowest BCUT2D eigenvalue weighted by Gasteiger charge is -2.19. The summed E-state index contributed by atoms with van der Waals surface area (Å²) in [5, 5.41) is 3.89. The smallest absolute Gasteiger partial charge is 0.410 e. The molecule has 1 fully saturated rings. The second-order valence-electron chi connectivity index (χ2n) is 4.07. The Morgan fingerprint density at radius 3 is 2.94 bits per heavy atom. The number of hydrogen-bond acceptors (Lipinski definition) is 6. The topological polar surface area (TPSA) is 75.6 Å². The minimum Gasteiger partial charge on any atom is -0.448 e. The summed E-state index contributed by atoms with van der Waals surface area (Å²) >= 11 is 1.28. The molecule has 0 bridgehead atoms. The van der Waals surface area contributed by atoms with Gasteiger partial charge in [-0.3, -0.25) is 9.69 Å². The molecule has 0 unspecified atom stereocenters. The van der Waals surface area contributed by atoms with Crippen LogP contribution < -0.4 is 0 Å². The zero-order valence-electron chi connectivity index (χ0n) is 10.3. The second kappa shape index (κ2) is 5.30. The predicted molar refractivity (Wildman–Crippen MR) is 64.0 cm³/mol. The molecule has 7 nitrogen and oxygen atoms in total. The van der Waals surface area contributed by atoms with Crippen molar-refractivity contribution in [2.24, 2.45) is 0 Å². The Kier molecular flexibility index (Phi) is 3.75. The molecule has 0 aliphatic carbocycles. The zero-order chi connectivity index (χ0) is 13.1.